The molecule has 10 heteroatoms. The van der Waals surface area contributed by atoms with Crippen molar-refractivity contribution in [3.05, 3.63) is 35.4 Å². The summed E-state index contributed by atoms with van der Waals surface area (Å²) in [5.74, 6) is -0.105. The van der Waals surface area contributed by atoms with E-state index in [0.29, 0.717) is 11.5 Å². The van der Waals surface area contributed by atoms with E-state index in [1.807, 2.05) is 0 Å². The molecule has 8 nitrogen and oxygen atoms in total. The van der Waals surface area contributed by atoms with Gasteiger partial charge in [-0.1, -0.05) is 181 Å². The highest BCUT2D eigenvalue weighted by molar-refractivity contribution is 7.85. The summed E-state index contributed by atoms with van der Waals surface area (Å²) in [7, 11) is -2.35. The summed E-state index contributed by atoms with van der Waals surface area (Å²) in [6, 6.07) is 5.73. The van der Waals surface area contributed by atoms with E-state index >= 15 is 0 Å². The summed E-state index contributed by atoms with van der Waals surface area (Å²) in [6.07, 6.45) is 33.4. The van der Waals surface area contributed by atoms with Crippen LogP contribution in [0.15, 0.2) is 24.3 Å². The zero-order chi connectivity index (χ0) is 40.9. The van der Waals surface area contributed by atoms with E-state index in [1.165, 1.54) is 166 Å². The maximum Gasteiger partial charge on any atom is 0.338 e. The molecule has 0 heterocycles. The molecule has 0 spiro atoms. The summed E-state index contributed by atoms with van der Waals surface area (Å²) < 4.78 is 35.2. The van der Waals surface area contributed by atoms with Crippen LogP contribution in [0.25, 0.3) is 0 Å². The normalized spacial score (nSPS) is 13.6. The smallest absolute Gasteiger partial charge is 0.338 e. The highest BCUT2D eigenvalue weighted by Gasteiger charge is 2.17. The number of aliphatic hydroxyl groups is 2. The number of benzene rings is 1. The lowest BCUT2D eigenvalue weighted by molar-refractivity contribution is 0.0295. The van der Waals surface area contributed by atoms with Crippen LogP contribution < -0.4 is 0 Å². The van der Waals surface area contributed by atoms with Crippen molar-refractivity contribution in [1.29, 1.82) is 0 Å². The number of unbranched alkanes of at least 4 members (excludes halogenated alkanes) is 26. The third kappa shape index (κ3) is 31.4. The molecule has 0 radical (unpaired) electrons. The first-order chi connectivity index (χ1) is 27.3. The Morgan fingerprint density at radius 1 is 0.446 bits per heavy atom. The van der Waals surface area contributed by atoms with Gasteiger partial charge in [0.15, 0.2) is 0 Å². The van der Waals surface area contributed by atoms with E-state index < -0.39 is 45.7 Å². The van der Waals surface area contributed by atoms with Crippen molar-refractivity contribution in [3.8, 4) is 0 Å². The van der Waals surface area contributed by atoms with Gasteiger partial charge in [0.05, 0.1) is 34.8 Å². The summed E-state index contributed by atoms with van der Waals surface area (Å²) in [6.45, 7) is 3.99. The lowest BCUT2D eigenvalue weighted by Gasteiger charge is -2.12. The molecule has 0 aliphatic heterocycles. The van der Waals surface area contributed by atoms with Crippen LogP contribution in [-0.2, 0) is 31.1 Å². The van der Waals surface area contributed by atoms with Gasteiger partial charge in [-0.05, 0) is 37.1 Å². The molecule has 0 bridgehead atoms. The Labute approximate surface area is 347 Å². The molecule has 1 aromatic carbocycles. The minimum atomic E-state index is -1.18. The van der Waals surface area contributed by atoms with Gasteiger partial charge in [0, 0.05) is 33.1 Å². The third-order valence-corrected chi connectivity index (χ3v) is 13.4. The van der Waals surface area contributed by atoms with Gasteiger partial charge in [-0.3, -0.25) is 8.42 Å². The second-order valence-electron chi connectivity index (χ2n) is 15.9. The van der Waals surface area contributed by atoms with E-state index in [9.17, 15) is 28.2 Å². The fourth-order valence-corrected chi connectivity index (χ4v) is 9.30. The molecule has 2 N–H and O–H groups in total. The Kier molecular flexibility index (Phi) is 35.2. The number of aliphatic hydroxyl groups excluding tert-OH is 2. The first-order valence-corrected chi connectivity index (χ1v) is 25.7. The number of carbonyl (C=O) groups excluding carboxylic acids is 2. The Balaban J connectivity index is 2.08. The molecule has 0 aromatic heterocycles. The van der Waals surface area contributed by atoms with Crippen molar-refractivity contribution >= 4 is 33.5 Å². The molecule has 1 aromatic rings. The summed E-state index contributed by atoms with van der Waals surface area (Å²) in [5, 5.41) is 20.5. The monoisotopic (exact) mass is 827 g/mol. The highest BCUT2D eigenvalue weighted by Crippen LogP contribution is 2.15. The SMILES string of the molecule is CCCCCCCCCCCCCCCC[S@@](=O)C[C@@H](O)COC(=O)c1ccc(C(=O)OC[C@H](O)C[S@@](=O)CCCCCCCCCCCCCCCC)cc1. The Morgan fingerprint density at radius 3 is 0.929 bits per heavy atom. The maximum absolute atomic E-state index is 12.5. The van der Waals surface area contributed by atoms with E-state index in [4.69, 9.17) is 9.47 Å². The van der Waals surface area contributed by atoms with Crippen LogP contribution in [0.2, 0.25) is 0 Å². The molecule has 0 aliphatic rings. The van der Waals surface area contributed by atoms with Crippen LogP contribution in [-0.4, -0.2) is 79.0 Å². The van der Waals surface area contributed by atoms with Crippen molar-refractivity contribution in [2.24, 2.45) is 0 Å². The standard InChI is InChI=1S/C46H82O8S2/c1-3-5-7-9-11-13-15-17-19-21-23-25-27-29-35-55(51)39-43(47)37-53-45(49)41-31-33-42(34-32-41)46(50)54-38-44(48)40-56(52)36-30-28-26-24-22-20-18-16-14-12-10-8-6-4-2/h31-34,43-44,47-48H,3-30,35-40H2,1-2H3/t43-,44-,55-,56+/m0/s1. The van der Waals surface area contributed by atoms with Crippen LogP contribution in [0.3, 0.4) is 0 Å². The Hall–Kier alpha value is -1.62. The number of rotatable bonds is 40. The van der Waals surface area contributed by atoms with Crippen LogP contribution >= 0.6 is 0 Å². The average molecular weight is 827 g/mol. The Bertz CT molecular complexity index is 1040. The average Bonchev–Trinajstić information content (AvgIpc) is 3.19. The molecule has 0 amide bonds. The molecular weight excluding hydrogens is 745 g/mol. The van der Waals surface area contributed by atoms with Crippen molar-refractivity contribution in [3.63, 3.8) is 0 Å². The Morgan fingerprint density at radius 2 is 0.679 bits per heavy atom. The molecule has 0 saturated heterocycles. The van der Waals surface area contributed by atoms with Gasteiger partial charge in [0.2, 0.25) is 0 Å². The molecule has 0 saturated carbocycles. The van der Waals surface area contributed by atoms with Crippen molar-refractivity contribution in [2.75, 3.05) is 36.2 Å². The van der Waals surface area contributed by atoms with E-state index in [-0.39, 0.29) is 35.8 Å². The number of hydrogen-bond acceptors (Lipinski definition) is 8. The van der Waals surface area contributed by atoms with Gasteiger partial charge in [-0.2, -0.15) is 0 Å². The second kappa shape index (κ2) is 37.6. The van der Waals surface area contributed by atoms with Gasteiger partial charge in [-0.15, -0.1) is 0 Å². The molecule has 326 valence electrons. The molecule has 4 atom stereocenters. The molecule has 0 aliphatic carbocycles. The number of ether oxygens (including phenoxy) is 2. The van der Waals surface area contributed by atoms with Gasteiger partial charge in [0.25, 0.3) is 0 Å². The lowest BCUT2D eigenvalue weighted by Crippen LogP contribution is -2.26. The predicted molar refractivity (Wildman–Crippen MR) is 235 cm³/mol. The van der Waals surface area contributed by atoms with Crippen molar-refractivity contribution < 1.29 is 37.7 Å². The molecule has 1 rings (SSSR count). The minimum absolute atomic E-state index is 0.0649. The van der Waals surface area contributed by atoms with E-state index in [1.54, 1.807) is 0 Å². The fourth-order valence-electron chi connectivity index (χ4n) is 6.86. The molecule has 0 fully saturated rings. The van der Waals surface area contributed by atoms with E-state index in [0.717, 1.165) is 38.5 Å². The number of hydrogen-bond donors (Lipinski definition) is 2. The van der Waals surface area contributed by atoms with Crippen molar-refractivity contribution in [2.45, 2.75) is 206 Å². The minimum Gasteiger partial charge on any atom is -0.459 e. The summed E-state index contributed by atoms with van der Waals surface area (Å²) in [5.41, 5.74) is 0.410. The van der Waals surface area contributed by atoms with Crippen LogP contribution in [0.1, 0.15) is 214 Å². The lowest BCUT2D eigenvalue weighted by atomic mass is 10.0. The van der Waals surface area contributed by atoms with Crippen molar-refractivity contribution in [1.82, 2.24) is 0 Å². The third-order valence-electron chi connectivity index (χ3n) is 10.4. The number of esters is 2. The van der Waals surface area contributed by atoms with Gasteiger partial charge < -0.3 is 19.7 Å². The van der Waals surface area contributed by atoms with Gasteiger partial charge in [-0.25, -0.2) is 9.59 Å². The van der Waals surface area contributed by atoms with E-state index in [2.05, 4.69) is 13.8 Å². The van der Waals surface area contributed by atoms with Crippen LogP contribution in [0.4, 0.5) is 0 Å². The largest absolute Gasteiger partial charge is 0.459 e. The van der Waals surface area contributed by atoms with Crippen LogP contribution in [0, 0.1) is 0 Å². The fraction of sp³-hybridized carbons (Fsp3) is 0.826. The first kappa shape index (κ1) is 52.4. The van der Waals surface area contributed by atoms with Gasteiger partial charge >= 0.3 is 11.9 Å². The zero-order valence-electron chi connectivity index (χ0n) is 35.7. The van der Waals surface area contributed by atoms with Gasteiger partial charge in [0.1, 0.15) is 13.2 Å². The topological polar surface area (TPSA) is 127 Å². The maximum atomic E-state index is 12.5. The predicted octanol–water partition coefficient (Wildman–Crippen LogP) is 11.2. The molecule has 56 heavy (non-hydrogen) atoms. The zero-order valence-corrected chi connectivity index (χ0v) is 37.3. The molecule has 0 unspecified atom stereocenters. The quantitative estimate of drug-likeness (QED) is 0.0495. The first-order valence-electron chi connectivity index (χ1n) is 22.8. The van der Waals surface area contributed by atoms with Crippen LogP contribution in [0.5, 0.6) is 0 Å². The number of carbonyl (C=O) groups is 2. The second-order valence-corrected chi connectivity index (χ2v) is 19.1. The summed E-state index contributed by atoms with van der Waals surface area (Å²) >= 11 is 0. The summed E-state index contributed by atoms with van der Waals surface area (Å²) in [4.78, 5) is 25.0. The highest BCUT2D eigenvalue weighted by atomic mass is 32.2. The molecular formula is C46H82O8S2.